The predicted molar refractivity (Wildman–Crippen MR) is 194 cm³/mol. The fourth-order valence-electron chi connectivity index (χ4n) is 7.03. The van der Waals surface area contributed by atoms with E-state index in [1.165, 1.54) is 34.6 Å². The van der Waals surface area contributed by atoms with Crippen LogP contribution in [0.15, 0.2) is 62.7 Å². The molecule has 0 spiro atoms. The number of nitrogens with two attached hydrogens (primary N) is 1. The lowest BCUT2D eigenvalue weighted by atomic mass is 9.76. The smallest absolute Gasteiger partial charge is 0.279 e. The lowest BCUT2D eigenvalue weighted by molar-refractivity contribution is 0.304. The highest BCUT2D eigenvalue weighted by Gasteiger charge is 2.34. The first-order valence-electron chi connectivity index (χ1n) is 17.6. The molecule has 0 amide bonds. The van der Waals surface area contributed by atoms with E-state index in [9.17, 15) is 8.42 Å². The molecule has 0 radical (unpaired) electrons. The summed E-state index contributed by atoms with van der Waals surface area (Å²) in [7, 11) is -3.74. The maximum absolute atomic E-state index is 11.4. The molecule has 0 aliphatic heterocycles. The Bertz CT molecular complexity index is 2320. The molecule has 0 saturated carbocycles. The van der Waals surface area contributed by atoms with Gasteiger partial charge in [0.15, 0.2) is 11.4 Å². The van der Waals surface area contributed by atoms with Crippen LogP contribution < -0.4 is 5.14 Å². The molecule has 5 aromatic heterocycles. The van der Waals surface area contributed by atoms with Crippen LogP contribution in [-0.4, -0.2) is 53.2 Å². The van der Waals surface area contributed by atoms with Crippen molar-refractivity contribution in [3.8, 4) is 45.9 Å². The van der Waals surface area contributed by atoms with Gasteiger partial charge in [0.1, 0.15) is 0 Å². The van der Waals surface area contributed by atoms with Crippen LogP contribution in [0, 0.1) is 10.8 Å². The van der Waals surface area contributed by atoms with Crippen molar-refractivity contribution < 1.29 is 17.5 Å². The lowest BCUT2D eigenvalue weighted by Gasteiger charge is -2.30. The van der Waals surface area contributed by atoms with Crippen molar-refractivity contribution in [1.82, 2.24) is 44.8 Å². The molecule has 5 heterocycles. The second-order valence-electron chi connectivity index (χ2n) is 15.0. The number of primary sulfonamides is 1. The maximum Gasteiger partial charge on any atom is 0.279 e. The van der Waals surface area contributed by atoms with Crippen LogP contribution in [0.1, 0.15) is 76.9 Å². The molecule has 2 aliphatic carbocycles. The third-order valence-electron chi connectivity index (χ3n) is 9.96. The molecular formula is C37H44N10O4S. The number of fused-ring (bicyclic) bond motifs is 2. The number of benzene rings is 1. The molecule has 52 heavy (non-hydrogen) atoms. The molecule has 0 bridgehead atoms. The molecule has 8 rings (SSSR count). The van der Waals surface area contributed by atoms with Gasteiger partial charge in [-0.2, -0.15) is 20.2 Å². The van der Waals surface area contributed by atoms with Gasteiger partial charge in [-0.25, -0.2) is 13.6 Å². The number of aryl methyl sites for hydroxylation is 2. The Labute approximate surface area is 302 Å². The van der Waals surface area contributed by atoms with Crippen molar-refractivity contribution in [3.05, 3.63) is 71.3 Å². The second kappa shape index (κ2) is 13.5. The third kappa shape index (κ3) is 7.06. The van der Waals surface area contributed by atoms with Crippen molar-refractivity contribution in [2.45, 2.75) is 98.1 Å². The van der Waals surface area contributed by atoms with Crippen LogP contribution in [-0.2, 0) is 48.8 Å². The Hall–Kier alpha value is -5.02. The Morgan fingerprint density at radius 2 is 1.15 bits per heavy atom. The van der Waals surface area contributed by atoms with Crippen LogP contribution >= 0.6 is 0 Å². The normalized spacial score (nSPS) is 16.1. The van der Waals surface area contributed by atoms with E-state index in [2.05, 4.69) is 71.5 Å². The molecule has 0 atom stereocenters. The maximum atomic E-state index is 11.4. The van der Waals surface area contributed by atoms with E-state index >= 15 is 0 Å². The molecule has 15 heteroatoms. The van der Waals surface area contributed by atoms with E-state index in [0.29, 0.717) is 34.4 Å². The fraction of sp³-hybridized carbons (Fsp3) is 0.432. The number of hydrogen-bond acceptors (Lipinski definition) is 11. The number of rotatable bonds is 7. The highest BCUT2D eigenvalue weighted by Crippen LogP contribution is 2.40. The summed E-state index contributed by atoms with van der Waals surface area (Å²) >= 11 is 0. The first-order chi connectivity index (χ1) is 24.7. The van der Waals surface area contributed by atoms with E-state index < -0.39 is 10.0 Å². The van der Waals surface area contributed by atoms with Gasteiger partial charge in [0.05, 0.1) is 4.90 Å². The number of aromatic nitrogens is 9. The number of nitrogens with zero attached hydrogens (tertiary/aromatic N) is 9. The molecule has 0 saturated heterocycles. The minimum atomic E-state index is -3.74. The molecule has 1 aromatic carbocycles. The van der Waals surface area contributed by atoms with Crippen molar-refractivity contribution >= 4 is 10.0 Å². The topological polar surface area (TPSA) is 187 Å². The Kier molecular flexibility index (Phi) is 9.19. The zero-order chi connectivity index (χ0) is 36.8. The SMILES string of the molecule is CCn1nc(-c2nc(-c3ccc(S(N)(=O)=O)cc3)no2)c2c1CC(C)(C)CC2.CCn1nc(-c2nc(-c3ccncc3)no2)c2c1CC(C)(C)CC2. The molecule has 2 N–H and O–H groups in total. The average molecular weight is 725 g/mol. The summed E-state index contributed by atoms with van der Waals surface area (Å²) in [6, 6.07) is 9.81. The van der Waals surface area contributed by atoms with Gasteiger partial charge in [0, 0.05) is 59.1 Å². The predicted octanol–water partition coefficient (Wildman–Crippen LogP) is 6.31. The van der Waals surface area contributed by atoms with E-state index in [0.717, 1.165) is 68.6 Å². The Balaban J connectivity index is 0.000000164. The Morgan fingerprint density at radius 3 is 1.58 bits per heavy atom. The van der Waals surface area contributed by atoms with Crippen LogP contribution in [0.5, 0.6) is 0 Å². The van der Waals surface area contributed by atoms with Crippen molar-refractivity contribution in [1.29, 1.82) is 0 Å². The zero-order valence-electron chi connectivity index (χ0n) is 30.4. The number of hydrogen-bond donors (Lipinski definition) is 1. The first kappa shape index (κ1) is 35.4. The summed E-state index contributed by atoms with van der Waals surface area (Å²) in [6.07, 6.45) is 9.62. The van der Waals surface area contributed by atoms with E-state index in [1.807, 2.05) is 16.8 Å². The van der Waals surface area contributed by atoms with E-state index in [-0.39, 0.29) is 10.3 Å². The summed E-state index contributed by atoms with van der Waals surface area (Å²) in [5.41, 5.74) is 8.69. The summed E-state index contributed by atoms with van der Waals surface area (Å²) in [5.74, 6) is 1.84. The van der Waals surface area contributed by atoms with Crippen LogP contribution in [0.3, 0.4) is 0 Å². The molecule has 272 valence electrons. The van der Waals surface area contributed by atoms with Crippen molar-refractivity contribution in [2.75, 3.05) is 0 Å². The van der Waals surface area contributed by atoms with E-state index in [4.69, 9.17) is 24.4 Å². The zero-order valence-corrected chi connectivity index (χ0v) is 31.2. The number of sulfonamides is 1. The van der Waals surface area contributed by atoms with Gasteiger partial charge in [-0.05, 0) is 99.6 Å². The first-order valence-corrected chi connectivity index (χ1v) is 19.2. The largest absolute Gasteiger partial charge is 0.332 e. The van der Waals surface area contributed by atoms with Gasteiger partial charge < -0.3 is 9.05 Å². The van der Waals surface area contributed by atoms with Gasteiger partial charge in [0.25, 0.3) is 11.8 Å². The highest BCUT2D eigenvalue weighted by molar-refractivity contribution is 7.89. The standard InChI is InChI=1S/C19H23N5O3S.C18H21N5O/c1-4-24-15-11-19(2,3)10-9-14(15)16(22-24)18-21-17(23-27-18)12-5-7-13(8-6-12)28(20,25)26;1-4-23-14-11-18(2,3)8-5-13(14)15(21-23)17-20-16(22-24-17)12-6-9-19-10-7-12/h5-8H,4,9-11H2,1-3H3,(H2,20,25,26);6-7,9-10H,4-5,8,11H2,1-3H3. The van der Waals surface area contributed by atoms with Crippen molar-refractivity contribution in [2.24, 2.45) is 16.0 Å². The van der Waals surface area contributed by atoms with Gasteiger partial charge in [-0.3, -0.25) is 14.3 Å². The lowest BCUT2D eigenvalue weighted by Crippen LogP contribution is -2.24. The third-order valence-corrected chi connectivity index (χ3v) is 10.9. The van der Waals surface area contributed by atoms with Crippen LogP contribution in [0.2, 0.25) is 0 Å². The average Bonchev–Trinajstić information content (AvgIpc) is 3.92. The minimum Gasteiger partial charge on any atom is -0.332 e. The molecule has 0 unspecified atom stereocenters. The van der Waals surface area contributed by atoms with Gasteiger partial charge in [-0.15, -0.1) is 0 Å². The summed E-state index contributed by atoms with van der Waals surface area (Å²) in [6.45, 7) is 15.0. The summed E-state index contributed by atoms with van der Waals surface area (Å²) < 4.78 is 37.9. The van der Waals surface area contributed by atoms with E-state index in [1.54, 1.807) is 24.5 Å². The molecule has 6 aromatic rings. The van der Waals surface area contributed by atoms with Gasteiger partial charge in [0.2, 0.25) is 21.7 Å². The molecule has 14 nitrogen and oxygen atoms in total. The minimum absolute atomic E-state index is 0.0401. The Morgan fingerprint density at radius 1 is 0.712 bits per heavy atom. The molecule has 0 fully saturated rings. The monoisotopic (exact) mass is 724 g/mol. The number of pyridine rings is 1. The van der Waals surface area contributed by atoms with Crippen LogP contribution in [0.4, 0.5) is 0 Å². The summed E-state index contributed by atoms with van der Waals surface area (Å²) in [4.78, 5) is 13.1. The fourth-order valence-corrected chi connectivity index (χ4v) is 7.55. The van der Waals surface area contributed by atoms with Gasteiger partial charge >= 0.3 is 0 Å². The van der Waals surface area contributed by atoms with Crippen LogP contribution in [0.25, 0.3) is 45.9 Å². The summed E-state index contributed by atoms with van der Waals surface area (Å²) in [5, 5.41) is 22.8. The highest BCUT2D eigenvalue weighted by atomic mass is 32.2. The van der Waals surface area contributed by atoms with Crippen molar-refractivity contribution in [3.63, 3.8) is 0 Å². The second-order valence-corrected chi connectivity index (χ2v) is 16.6. The quantitative estimate of drug-likeness (QED) is 0.194. The van der Waals surface area contributed by atoms with Gasteiger partial charge in [-0.1, -0.05) is 38.0 Å². The molecular weight excluding hydrogens is 681 g/mol. The molecule has 2 aliphatic rings.